The van der Waals surface area contributed by atoms with Crippen molar-refractivity contribution in [2.24, 2.45) is 0 Å². The minimum Gasteiger partial charge on any atom is -0.367 e. The van der Waals surface area contributed by atoms with Gasteiger partial charge >= 0.3 is 0 Å². The van der Waals surface area contributed by atoms with Crippen LogP contribution in [-0.2, 0) is 6.54 Å². The molecule has 102 valence electrons. The molecule has 0 aromatic carbocycles. The second-order valence-corrected chi connectivity index (χ2v) is 5.01. The zero-order valence-corrected chi connectivity index (χ0v) is 12.0. The summed E-state index contributed by atoms with van der Waals surface area (Å²) in [6.07, 6.45) is 5.66. The average Bonchev–Trinajstić information content (AvgIpc) is 2.82. The molecular weight excluding hydrogens is 238 g/mol. The van der Waals surface area contributed by atoms with Gasteiger partial charge in [-0.2, -0.15) is 0 Å². The molecule has 2 aromatic heterocycles. The third kappa shape index (κ3) is 3.30. The molecule has 5 nitrogen and oxygen atoms in total. The highest BCUT2D eigenvalue weighted by Gasteiger charge is 2.07. The summed E-state index contributed by atoms with van der Waals surface area (Å²) in [6, 6.07) is 0. The van der Waals surface area contributed by atoms with Crippen LogP contribution in [0.15, 0.2) is 18.6 Å². The van der Waals surface area contributed by atoms with Gasteiger partial charge in [0, 0.05) is 37.6 Å². The normalized spacial score (nSPS) is 11.0. The molecule has 0 radical (unpaired) electrons. The van der Waals surface area contributed by atoms with Crippen molar-refractivity contribution in [2.45, 2.75) is 40.2 Å². The van der Waals surface area contributed by atoms with Gasteiger partial charge in [0.25, 0.3) is 0 Å². The van der Waals surface area contributed by atoms with Crippen LogP contribution in [-0.4, -0.2) is 26.1 Å². The molecule has 1 N–H and O–H groups in total. The Hall–Kier alpha value is -1.91. The van der Waals surface area contributed by atoms with Crippen LogP contribution < -0.4 is 5.32 Å². The van der Waals surface area contributed by atoms with Crippen LogP contribution in [0.25, 0.3) is 0 Å². The van der Waals surface area contributed by atoms with Crippen molar-refractivity contribution < 1.29 is 0 Å². The summed E-state index contributed by atoms with van der Waals surface area (Å²) in [7, 11) is 0. The van der Waals surface area contributed by atoms with Crippen LogP contribution >= 0.6 is 0 Å². The van der Waals surface area contributed by atoms with Gasteiger partial charge in [0.15, 0.2) is 0 Å². The summed E-state index contributed by atoms with van der Waals surface area (Å²) >= 11 is 0. The van der Waals surface area contributed by atoms with E-state index in [0.717, 1.165) is 36.1 Å². The molecule has 0 fully saturated rings. The predicted molar refractivity (Wildman–Crippen MR) is 76.3 cm³/mol. The van der Waals surface area contributed by atoms with Crippen LogP contribution in [0.3, 0.4) is 0 Å². The number of nitrogens with one attached hydrogen (secondary N) is 1. The summed E-state index contributed by atoms with van der Waals surface area (Å²) < 4.78 is 2.18. The first-order chi connectivity index (χ1) is 9.08. The van der Waals surface area contributed by atoms with E-state index in [0.29, 0.717) is 5.92 Å². The monoisotopic (exact) mass is 259 g/mol. The van der Waals surface area contributed by atoms with Crippen molar-refractivity contribution >= 4 is 5.82 Å². The Kier molecular flexibility index (Phi) is 4.14. The second-order valence-electron chi connectivity index (χ2n) is 5.01. The standard InChI is InChI=1S/C14H21N5/c1-10(2)14-16-6-8-19(14)7-5-15-13-12(4)17-9-11(3)18-13/h6,8-10H,5,7H2,1-4H3,(H,15,18). The number of hydrogen-bond donors (Lipinski definition) is 1. The summed E-state index contributed by atoms with van der Waals surface area (Å²) in [5.74, 6) is 2.43. The highest BCUT2D eigenvalue weighted by molar-refractivity contribution is 5.39. The van der Waals surface area contributed by atoms with E-state index in [9.17, 15) is 0 Å². The van der Waals surface area contributed by atoms with Crippen LogP contribution in [0.5, 0.6) is 0 Å². The summed E-state index contributed by atoms with van der Waals surface area (Å²) in [4.78, 5) is 13.1. The van der Waals surface area contributed by atoms with Crippen molar-refractivity contribution in [1.82, 2.24) is 19.5 Å². The molecule has 5 heteroatoms. The molecule has 0 aliphatic carbocycles. The van der Waals surface area contributed by atoms with Crippen molar-refractivity contribution in [3.63, 3.8) is 0 Å². The first-order valence-electron chi connectivity index (χ1n) is 6.63. The first-order valence-corrected chi connectivity index (χ1v) is 6.63. The van der Waals surface area contributed by atoms with E-state index in [4.69, 9.17) is 0 Å². The number of rotatable bonds is 5. The highest BCUT2D eigenvalue weighted by atomic mass is 15.1. The van der Waals surface area contributed by atoms with Gasteiger partial charge in [-0.05, 0) is 13.8 Å². The minimum atomic E-state index is 0.440. The van der Waals surface area contributed by atoms with E-state index in [2.05, 4.69) is 38.7 Å². The fourth-order valence-electron chi connectivity index (χ4n) is 2.01. The van der Waals surface area contributed by atoms with Gasteiger partial charge in [0.05, 0.1) is 11.4 Å². The van der Waals surface area contributed by atoms with E-state index in [1.807, 2.05) is 26.2 Å². The van der Waals surface area contributed by atoms with Crippen molar-refractivity contribution in [2.75, 3.05) is 11.9 Å². The fourth-order valence-corrected chi connectivity index (χ4v) is 2.01. The lowest BCUT2D eigenvalue weighted by Gasteiger charge is -2.12. The van der Waals surface area contributed by atoms with Crippen LogP contribution in [0.1, 0.15) is 37.0 Å². The molecule has 0 unspecified atom stereocenters. The molecule has 2 aromatic rings. The van der Waals surface area contributed by atoms with E-state index in [1.54, 1.807) is 6.20 Å². The summed E-state index contributed by atoms with van der Waals surface area (Å²) in [5.41, 5.74) is 1.86. The quantitative estimate of drug-likeness (QED) is 0.896. The van der Waals surface area contributed by atoms with E-state index >= 15 is 0 Å². The van der Waals surface area contributed by atoms with Crippen LogP contribution in [0, 0.1) is 13.8 Å². The lowest BCUT2D eigenvalue weighted by molar-refractivity contribution is 0.636. The number of hydrogen-bond acceptors (Lipinski definition) is 4. The van der Waals surface area contributed by atoms with Gasteiger partial charge in [0.1, 0.15) is 11.6 Å². The van der Waals surface area contributed by atoms with Gasteiger partial charge in [0.2, 0.25) is 0 Å². The molecule has 0 saturated carbocycles. The molecule has 2 heterocycles. The van der Waals surface area contributed by atoms with Gasteiger partial charge in [-0.3, -0.25) is 4.98 Å². The number of anilines is 1. The maximum absolute atomic E-state index is 4.45. The lowest BCUT2D eigenvalue weighted by atomic mass is 10.2. The Balaban J connectivity index is 1.96. The molecule has 0 aliphatic rings. The second kappa shape index (κ2) is 5.82. The van der Waals surface area contributed by atoms with Crippen molar-refractivity contribution in [3.05, 3.63) is 35.8 Å². The van der Waals surface area contributed by atoms with E-state index in [1.165, 1.54) is 0 Å². The molecule has 0 atom stereocenters. The molecule has 2 rings (SSSR count). The largest absolute Gasteiger partial charge is 0.367 e. The van der Waals surface area contributed by atoms with Gasteiger partial charge in [-0.15, -0.1) is 0 Å². The lowest BCUT2D eigenvalue weighted by Crippen LogP contribution is -2.14. The third-order valence-corrected chi connectivity index (χ3v) is 2.99. The zero-order valence-electron chi connectivity index (χ0n) is 12.0. The molecule has 0 bridgehead atoms. The maximum Gasteiger partial charge on any atom is 0.147 e. The number of aromatic nitrogens is 4. The Morgan fingerprint density at radius 1 is 1.26 bits per heavy atom. The molecule has 19 heavy (non-hydrogen) atoms. The number of nitrogens with zero attached hydrogens (tertiary/aromatic N) is 4. The summed E-state index contributed by atoms with van der Waals surface area (Å²) in [5, 5.41) is 3.34. The van der Waals surface area contributed by atoms with E-state index in [-0.39, 0.29) is 0 Å². The Labute approximate surface area is 114 Å². The number of aryl methyl sites for hydroxylation is 2. The van der Waals surface area contributed by atoms with Gasteiger partial charge in [-0.1, -0.05) is 13.8 Å². The van der Waals surface area contributed by atoms with Gasteiger partial charge < -0.3 is 9.88 Å². The Bertz CT molecular complexity index is 545. The first kappa shape index (κ1) is 13.5. The minimum absolute atomic E-state index is 0.440. The fraction of sp³-hybridized carbons (Fsp3) is 0.500. The summed E-state index contributed by atoms with van der Waals surface area (Å²) in [6.45, 7) is 9.92. The SMILES string of the molecule is Cc1cnc(C)c(NCCn2ccnc2C(C)C)n1. The highest BCUT2D eigenvalue weighted by Crippen LogP contribution is 2.12. The zero-order chi connectivity index (χ0) is 13.8. The Morgan fingerprint density at radius 2 is 2.05 bits per heavy atom. The average molecular weight is 259 g/mol. The van der Waals surface area contributed by atoms with Crippen molar-refractivity contribution in [1.29, 1.82) is 0 Å². The van der Waals surface area contributed by atoms with Crippen LogP contribution in [0.4, 0.5) is 5.82 Å². The van der Waals surface area contributed by atoms with Gasteiger partial charge in [-0.25, -0.2) is 9.97 Å². The smallest absolute Gasteiger partial charge is 0.147 e. The topological polar surface area (TPSA) is 55.6 Å². The maximum atomic E-state index is 4.45. The molecule has 0 spiro atoms. The van der Waals surface area contributed by atoms with E-state index < -0.39 is 0 Å². The predicted octanol–water partition coefficient (Wildman–Crippen LogP) is 2.53. The molecule has 0 amide bonds. The molecule has 0 aliphatic heterocycles. The Morgan fingerprint density at radius 3 is 2.79 bits per heavy atom. The molecular formula is C14H21N5. The van der Waals surface area contributed by atoms with Crippen molar-refractivity contribution in [3.8, 4) is 0 Å². The van der Waals surface area contributed by atoms with Crippen LogP contribution in [0.2, 0.25) is 0 Å². The molecule has 0 saturated heterocycles. The number of imidazole rings is 1. The third-order valence-electron chi connectivity index (χ3n) is 2.99.